The van der Waals surface area contributed by atoms with Crippen LogP contribution in [0.5, 0.6) is 0 Å². The Labute approximate surface area is 102 Å². The van der Waals surface area contributed by atoms with Crippen molar-refractivity contribution in [1.29, 1.82) is 0 Å². The third-order valence-corrected chi connectivity index (χ3v) is 4.99. The molecule has 2 unspecified atom stereocenters. The third-order valence-electron chi connectivity index (χ3n) is 4.99. The second-order valence-electron chi connectivity index (χ2n) is 7.12. The van der Waals surface area contributed by atoms with Crippen molar-refractivity contribution in [1.82, 2.24) is 0 Å². The molecule has 0 aromatic carbocycles. The van der Waals surface area contributed by atoms with Crippen LogP contribution in [-0.2, 0) is 0 Å². The van der Waals surface area contributed by atoms with Crippen LogP contribution in [0.25, 0.3) is 0 Å². The number of hydrogen-bond donors (Lipinski definition) is 0. The van der Waals surface area contributed by atoms with Crippen molar-refractivity contribution in [3.05, 3.63) is 11.1 Å². The summed E-state index contributed by atoms with van der Waals surface area (Å²) in [4.78, 5) is 0. The van der Waals surface area contributed by atoms with Gasteiger partial charge in [0.1, 0.15) is 0 Å². The van der Waals surface area contributed by atoms with Crippen LogP contribution in [0.4, 0.5) is 0 Å². The van der Waals surface area contributed by atoms with E-state index in [-0.39, 0.29) is 0 Å². The van der Waals surface area contributed by atoms with E-state index in [0.29, 0.717) is 5.41 Å². The summed E-state index contributed by atoms with van der Waals surface area (Å²) in [6.07, 6.45) is 7.03. The molecule has 0 radical (unpaired) electrons. The highest BCUT2D eigenvalue weighted by atomic mass is 14.4. The average molecular weight is 220 g/mol. The zero-order valence-corrected chi connectivity index (χ0v) is 11.8. The van der Waals surface area contributed by atoms with Crippen molar-refractivity contribution >= 4 is 0 Å². The van der Waals surface area contributed by atoms with Crippen LogP contribution in [0.3, 0.4) is 0 Å². The van der Waals surface area contributed by atoms with Crippen LogP contribution in [0.2, 0.25) is 0 Å². The summed E-state index contributed by atoms with van der Waals surface area (Å²) >= 11 is 0. The zero-order valence-electron chi connectivity index (χ0n) is 11.8. The molecule has 0 aliphatic heterocycles. The molecule has 0 heterocycles. The van der Waals surface area contributed by atoms with E-state index in [0.717, 1.165) is 17.8 Å². The molecule has 0 aromatic rings. The van der Waals surface area contributed by atoms with Gasteiger partial charge < -0.3 is 0 Å². The van der Waals surface area contributed by atoms with E-state index >= 15 is 0 Å². The van der Waals surface area contributed by atoms with Crippen LogP contribution in [-0.4, -0.2) is 0 Å². The fourth-order valence-electron chi connectivity index (χ4n) is 3.88. The fourth-order valence-corrected chi connectivity index (χ4v) is 3.88. The summed E-state index contributed by atoms with van der Waals surface area (Å²) in [5, 5.41) is 0. The Morgan fingerprint density at radius 3 is 2.50 bits per heavy atom. The molecule has 0 fully saturated rings. The summed E-state index contributed by atoms with van der Waals surface area (Å²) in [6.45, 7) is 12.2. The lowest BCUT2D eigenvalue weighted by molar-refractivity contribution is 0.244. The van der Waals surface area contributed by atoms with Crippen molar-refractivity contribution in [2.24, 2.45) is 23.2 Å². The van der Waals surface area contributed by atoms with E-state index in [2.05, 4.69) is 34.6 Å². The van der Waals surface area contributed by atoms with E-state index in [4.69, 9.17) is 0 Å². The first kappa shape index (κ1) is 12.2. The summed E-state index contributed by atoms with van der Waals surface area (Å²) in [5.41, 5.74) is 4.21. The van der Waals surface area contributed by atoms with Gasteiger partial charge in [-0.3, -0.25) is 0 Å². The Kier molecular flexibility index (Phi) is 3.20. The van der Waals surface area contributed by atoms with E-state index < -0.39 is 0 Å². The van der Waals surface area contributed by atoms with Crippen LogP contribution in [0, 0.1) is 23.2 Å². The molecule has 0 amide bonds. The molecule has 0 bridgehead atoms. The molecule has 2 rings (SSSR count). The summed E-state index contributed by atoms with van der Waals surface area (Å²) in [6, 6.07) is 0. The predicted molar refractivity (Wildman–Crippen MR) is 71.4 cm³/mol. The minimum atomic E-state index is 0.501. The lowest BCUT2D eigenvalue weighted by atomic mass is 9.61. The topological polar surface area (TPSA) is 0 Å². The Bertz CT molecular complexity index is 293. The Balaban J connectivity index is 2.36. The highest BCUT2D eigenvalue weighted by molar-refractivity contribution is 5.29. The van der Waals surface area contributed by atoms with Crippen LogP contribution >= 0.6 is 0 Å². The first-order valence-electron chi connectivity index (χ1n) is 7.14. The molecule has 0 saturated carbocycles. The van der Waals surface area contributed by atoms with E-state index in [1.54, 1.807) is 0 Å². The highest BCUT2D eigenvalue weighted by Gasteiger charge is 2.37. The maximum absolute atomic E-state index is 2.47. The second kappa shape index (κ2) is 4.20. The first-order chi connectivity index (χ1) is 7.42. The van der Waals surface area contributed by atoms with Gasteiger partial charge in [0.15, 0.2) is 0 Å². The van der Waals surface area contributed by atoms with Gasteiger partial charge in [-0.2, -0.15) is 0 Å². The summed E-state index contributed by atoms with van der Waals surface area (Å²) in [7, 11) is 0. The second-order valence-corrected chi connectivity index (χ2v) is 7.12. The molecule has 0 nitrogen and oxygen atoms in total. The van der Waals surface area contributed by atoms with Crippen molar-refractivity contribution in [2.45, 2.75) is 66.7 Å². The van der Waals surface area contributed by atoms with Gasteiger partial charge in [-0.1, -0.05) is 45.8 Å². The molecule has 0 heteroatoms. The van der Waals surface area contributed by atoms with Crippen molar-refractivity contribution in [3.8, 4) is 0 Å². The van der Waals surface area contributed by atoms with Crippen LogP contribution in [0.15, 0.2) is 11.1 Å². The smallest absolute Gasteiger partial charge is 0.0142 e. The summed E-state index contributed by atoms with van der Waals surface area (Å²) < 4.78 is 0. The largest absolute Gasteiger partial charge is 0.0668 e. The lowest BCUT2D eigenvalue weighted by Crippen LogP contribution is -2.31. The van der Waals surface area contributed by atoms with Gasteiger partial charge in [0.25, 0.3) is 0 Å². The Morgan fingerprint density at radius 1 is 1.19 bits per heavy atom. The molecule has 0 aromatic heterocycles. The molecule has 2 aliphatic carbocycles. The number of hydrogen-bond acceptors (Lipinski definition) is 0. The van der Waals surface area contributed by atoms with Crippen LogP contribution in [0.1, 0.15) is 66.7 Å². The Hall–Kier alpha value is -0.260. The molecule has 0 saturated heterocycles. The maximum Gasteiger partial charge on any atom is -0.0142 e. The highest BCUT2D eigenvalue weighted by Crippen LogP contribution is 2.51. The van der Waals surface area contributed by atoms with Crippen molar-refractivity contribution < 1.29 is 0 Å². The van der Waals surface area contributed by atoms with Gasteiger partial charge >= 0.3 is 0 Å². The lowest BCUT2D eigenvalue weighted by Gasteiger charge is -2.44. The standard InChI is InChI=1S/C16H28/c1-11(2)13-8-9-16(4,5)15-7-6-12(3)10-14(13)15/h11-13H,6-10H2,1-5H3. The maximum atomic E-state index is 2.47. The quantitative estimate of drug-likeness (QED) is 0.533. The predicted octanol–water partition coefficient (Wildman–Crippen LogP) is 5.20. The molecular formula is C16H28. The van der Waals surface area contributed by atoms with Crippen LogP contribution < -0.4 is 0 Å². The van der Waals surface area contributed by atoms with Gasteiger partial charge in [0.2, 0.25) is 0 Å². The third kappa shape index (κ3) is 2.08. The van der Waals surface area contributed by atoms with E-state index in [1.165, 1.54) is 32.1 Å². The summed E-state index contributed by atoms with van der Waals surface area (Å²) in [5.74, 6) is 2.66. The minimum Gasteiger partial charge on any atom is -0.0668 e. The number of allylic oxidation sites excluding steroid dienone is 2. The van der Waals surface area contributed by atoms with Gasteiger partial charge in [0.05, 0.1) is 0 Å². The number of rotatable bonds is 1. The van der Waals surface area contributed by atoms with E-state index in [9.17, 15) is 0 Å². The molecule has 2 aliphatic rings. The average Bonchev–Trinajstić information content (AvgIpc) is 2.16. The molecule has 0 N–H and O–H groups in total. The first-order valence-corrected chi connectivity index (χ1v) is 7.14. The minimum absolute atomic E-state index is 0.501. The molecule has 2 atom stereocenters. The van der Waals surface area contributed by atoms with E-state index in [1.807, 2.05) is 11.1 Å². The van der Waals surface area contributed by atoms with Crippen molar-refractivity contribution in [3.63, 3.8) is 0 Å². The van der Waals surface area contributed by atoms with Gasteiger partial charge in [0, 0.05) is 0 Å². The SMILES string of the molecule is CC1CCC2=C(C1)C(C(C)C)CCC2(C)C. The van der Waals surface area contributed by atoms with Gasteiger partial charge in [-0.15, -0.1) is 0 Å². The van der Waals surface area contributed by atoms with Gasteiger partial charge in [-0.25, -0.2) is 0 Å². The van der Waals surface area contributed by atoms with Crippen molar-refractivity contribution in [2.75, 3.05) is 0 Å². The zero-order chi connectivity index (χ0) is 11.9. The molecule has 16 heavy (non-hydrogen) atoms. The molecular weight excluding hydrogens is 192 g/mol. The molecule has 0 spiro atoms. The fraction of sp³-hybridized carbons (Fsp3) is 0.875. The molecule has 92 valence electrons. The Morgan fingerprint density at radius 2 is 1.88 bits per heavy atom. The monoisotopic (exact) mass is 220 g/mol. The van der Waals surface area contributed by atoms with Gasteiger partial charge in [-0.05, 0) is 55.3 Å². The normalized spacial score (nSPS) is 34.1.